The average Bonchev–Trinajstić information content (AvgIpc) is 3.12. The highest BCUT2D eigenvalue weighted by Crippen LogP contribution is 2.40. The van der Waals surface area contributed by atoms with Crippen molar-refractivity contribution < 1.29 is 46.2 Å². The first-order valence-electron chi connectivity index (χ1n) is 12.2. The highest BCUT2D eigenvalue weighted by Gasteiger charge is 2.48. The summed E-state index contributed by atoms with van der Waals surface area (Å²) in [5.41, 5.74) is -0.153. The Bertz CT molecular complexity index is 1340. The van der Waals surface area contributed by atoms with Gasteiger partial charge in [0, 0.05) is 37.3 Å². The maximum atomic E-state index is 13.8. The van der Waals surface area contributed by atoms with E-state index >= 15 is 0 Å². The Morgan fingerprint density at radius 3 is 2.62 bits per heavy atom. The van der Waals surface area contributed by atoms with Gasteiger partial charge in [-0.3, -0.25) is 9.59 Å². The van der Waals surface area contributed by atoms with Gasteiger partial charge in [0.15, 0.2) is 17.9 Å². The highest BCUT2D eigenvalue weighted by molar-refractivity contribution is 5.89. The van der Waals surface area contributed by atoms with Crippen LogP contribution in [0.2, 0.25) is 0 Å². The van der Waals surface area contributed by atoms with E-state index in [2.05, 4.69) is 10.6 Å². The molecule has 2 aliphatic rings. The van der Waals surface area contributed by atoms with E-state index in [4.69, 9.17) is 9.47 Å². The van der Waals surface area contributed by atoms with Crippen LogP contribution < -0.4 is 15.4 Å². The third kappa shape index (κ3) is 5.80. The fourth-order valence-corrected chi connectivity index (χ4v) is 4.68. The molecule has 1 heterocycles. The normalized spacial score (nSPS) is 19.9. The minimum absolute atomic E-state index is 0.0141. The van der Waals surface area contributed by atoms with Gasteiger partial charge in [0.1, 0.15) is 24.7 Å². The first kappa shape index (κ1) is 28.6. The van der Waals surface area contributed by atoms with Crippen molar-refractivity contribution in [3.05, 3.63) is 58.9 Å². The predicted molar refractivity (Wildman–Crippen MR) is 132 cm³/mol. The van der Waals surface area contributed by atoms with E-state index in [0.717, 1.165) is 24.1 Å². The zero-order valence-electron chi connectivity index (χ0n) is 21.5. The number of hydrogen-bond acceptors (Lipinski definition) is 6. The van der Waals surface area contributed by atoms with E-state index in [-0.39, 0.29) is 17.7 Å². The summed E-state index contributed by atoms with van der Waals surface area (Å²) in [6.45, 7) is -2.33. The van der Waals surface area contributed by atoms with Gasteiger partial charge in [0.2, 0.25) is 5.91 Å². The van der Waals surface area contributed by atoms with Crippen LogP contribution in [-0.4, -0.2) is 73.6 Å². The molecule has 0 bridgehead atoms. The number of fused-ring (bicyclic) bond motifs is 2. The third-order valence-corrected chi connectivity index (χ3v) is 6.79. The van der Waals surface area contributed by atoms with E-state index in [0.29, 0.717) is 34.4 Å². The molecule has 1 aliphatic carbocycles. The van der Waals surface area contributed by atoms with Crippen molar-refractivity contribution >= 4 is 30.0 Å². The van der Waals surface area contributed by atoms with Crippen molar-refractivity contribution in [1.29, 1.82) is 0 Å². The Morgan fingerprint density at radius 2 is 1.95 bits per heavy atom. The number of alkyl halides is 3. The summed E-state index contributed by atoms with van der Waals surface area (Å²) < 4.78 is 66.0. The van der Waals surface area contributed by atoms with E-state index in [1.54, 1.807) is 6.07 Å². The number of nitrogens with zero attached hydrogens (tertiary/aromatic N) is 2. The molecule has 2 N–H and O–H groups in total. The number of rotatable bonds is 5. The monoisotopic (exact) mass is 566 g/mol. The maximum absolute atomic E-state index is 13.8. The van der Waals surface area contributed by atoms with Crippen molar-refractivity contribution in [3.63, 3.8) is 0 Å². The molecule has 0 unspecified atom stereocenters. The van der Waals surface area contributed by atoms with Crippen LogP contribution >= 0.6 is 0 Å². The minimum Gasteiger partial charge on any atom is -0.491 e. The smallest absolute Gasteiger partial charge is 0.412 e. The number of carbonyl (C=O) groups excluding carboxylic acids is 4. The van der Waals surface area contributed by atoms with E-state index < -0.39 is 61.4 Å². The lowest BCUT2D eigenvalue weighted by Crippen LogP contribution is -2.53. The highest BCUT2D eigenvalue weighted by atomic mass is 19.4. The van der Waals surface area contributed by atoms with E-state index in [1.165, 1.54) is 25.2 Å². The summed E-state index contributed by atoms with van der Waals surface area (Å²) in [4.78, 5) is 51.0. The number of likely N-dealkylation sites (N-methyl/N-ethyl adjacent to an activating group) is 1. The SMILES string of the molecule is CNC(=O)Nc1ccc2c(c1)CC[C@]2(C=O)OC(=O)N(C)CC(=O)N1Cc2cc(F)ccc2OC[C@H]1C(F)(F)F. The molecule has 0 saturated heterocycles. The molecular formula is C26H26F4N4O6. The number of benzene rings is 2. The van der Waals surface area contributed by atoms with Gasteiger partial charge in [0.25, 0.3) is 0 Å². The molecule has 0 spiro atoms. The molecule has 4 rings (SSSR count). The fourth-order valence-electron chi connectivity index (χ4n) is 4.68. The average molecular weight is 567 g/mol. The van der Waals surface area contributed by atoms with Crippen molar-refractivity contribution in [3.8, 4) is 5.75 Å². The number of halogens is 4. The number of amides is 4. The fraction of sp³-hybridized carbons (Fsp3) is 0.385. The molecule has 2 aromatic carbocycles. The Kier molecular flexibility index (Phi) is 7.89. The van der Waals surface area contributed by atoms with Crippen LogP contribution in [-0.2, 0) is 32.9 Å². The first-order chi connectivity index (χ1) is 18.9. The summed E-state index contributed by atoms with van der Waals surface area (Å²) in [7, 11) is 2.60. The number of urea groups is 1. The number of carbonyl (C=O) groups is 4. The lowest BCUT2D eigenvalue weighted by molar-refractivity contribution is -0.195. The van der Waals surface area contributed by atoms with Gasteiger partial charge in [-0.05, 0) is 42.3 Å². The lowest BCUT2D eigenvalue weighted by Gasteiger charge is -2.32. The van der Waals surface area contributed by atoms with Crippen LogP contribution in [0.15, 0.2) is 36.4 Å². The zero-order chi connectivity index (χ0) is 29.2. The number of hydrogen-bond donors (Lipinski definition) is 2. The van der Waals surface area contributed by atoms with Gasteiger partial charge in [-0.15, -0.1) is 0 Å². The molecule has 40 heavy (non-hydrogen) atoms. The molecule has 1 aliphatic heterocycles. The second-order valence-electron chi connectivity index (χ2n) is 9.45. The van der Waals surface area contributed by atoms with Gasteiger partial charge < -0.3 is 29.9 Å². The molecule has 0 radical (unpaired) electrons. The van der Waals surface area contributed by atoms with Crippen LogP contribution in [0.3, 0.4) is 0 Å². The summed E-state index contributed by atoms with van der Waals surface area (Å²) >= 11 is 0. The molecule has 10 nitrogen and oxygen atoms in total. The number of nitrogens with one attached hydrogen (secondary N) is 2. The Labute approximate surface area is 226 Å². The Balaban J connectivity index is 1.50. The minimum atomic E-state index is -4.87. The van der Waals surface area contributed by atoms with Crippen molar-refractivity contribution in [2.45, 2.75) is 37.2 Å². The maximum Gasteiger partial charge on any atom is 0.412 e. The molecule has 0 aromatic heterocycles. The molecule has 2 atom stereocenters. The Hall–Kier alpha value is -4.36. The molecule has 214 valence electrons. The number of anilines is 1. The van der Waals surface area contributed by atoms with Gasteiger partial charge in [0.05, 0.1) is 6.54 Å². The van der Waals surface area contributed by atoms with Crippen LogP contribution in [0.5, 0.6) is 5.75 Å². The summed E-state index contributed by atoms with van der Waals surface area (Å²) in [6, 6.07) is 5.09. The predicted octanol–water partition coefficient (Wildman–Crippen LogP) is 3.34. The van der Waals surface area contributed by atoms with Crippen LogP contribution in [0.25, 0.3) is 0 Å². The van der Waals surface area contributed by atoms with Gasteiger partial charge >= 0.3 is 18.3 Å². The molecular weight excluding hydrogens is 540 g/mol. The van der Waals surface area contributed by atoms with Gasteiger partial charge in [-0.1, -0.05) is 6.07 Å². The van der Waals surface area contributed by atoms with Crippen molar-refractivity contribution in [2.24, 2.45) is 0 Å². The Morgan fingerprint density at radius 1 is 1.20 bits per heavy atom. The molecule has 2 aromatic rings. The van der Waals surface area contributed by atoms with Crippen molar-refractivity contribution in [1.82, 2.24) is 15.1 Å². The number of aldehydes is 1. The summed E-state index contributed by atoms with van der Waals surface area (Å²) in [5, 5.41) is 5.01. The van der Waals surface area contributed by atoms with Gasteiger partial charge in [-0.2, -0.15) is 13.2 Å². The second kappa shape index (κ2) is 11.0. The zero-order valence-corrected chi connectivity index (χ0v) is 21.5. The van der Waals surface area contributed by atoms with E-state index in [9.17, 15) is 36.7 Å². The van der Waals surface area contributed by atoms with Crippen molar-refractivity contribution in [2.75, 3.05) is 32.6 Å². The summed E-state index contributed by atoms with van der Waals surface area (Å²) in [6.07, 6.45) is -5.09. The second-order valence-corrected chi connectivity index (χ2v) is 9.45. The topological polar surface area (TPSA) is 117 Å². The van der Waals surface area contributed by atoms with Crippen LogP contribution in [0.4, 0.5) is 32.8 Å². The quantitative estimate of drug-likeness (QED) is 0.424. The van der Waals surface area contributed by atoms with Gasteiger partial charge in [-0.25, -0.2) is 14.0 Å². The molecule has 0 fully saturated rings. The van der Waals surface area contributed by atoms with E-state index in [1.807, 2.05) is 0 Å². The first-order valence-corrected chi connectivity index (χ1v) is 12.2. The number of aryl methyl sites for hydroxylation is 1. The van der Waals surface area contributed by atoms with Crippen LogP contribution in [0, 0.1) is 5.82 Å². The summed E-state index contributed by atoms with van der Waals surface area (Å²) in [5.74, 6) is -1.78. The lowest BCUT2D eigenvalue weighted by atomic mass is 9.97. The standard InChI is InChI=1S/C26H26F4N4O6/c1-31-23(37)32-18-4-5-19-15(10-18)7-8-25(19,14-35)40-24(38)33(2)12-22(36)34-11-16-9-17(27)3-6-20(16)39-13-21(34)26(28,29)30/h3-6,9-10,14,21H,7-8,11-13H2,1-2H3,(H2,31,32,37)/t21-,25+/m0/s1. The van der Waals surface area contributed by atoms with Crippen LogP contribution in [0.1, 0.15) is 23.1 Å². The third-order valence-electron chi connectivity index (χ3n) is 6.79. The molecule has 0 saturated carbocycles. The largest absolute Gasteiger partial charge is 0.491 e. The number of ether oxygens (including phenoxy) is 2. The molecule has 4 amide bonds. The molecule has 14 heteroatoms.